The van der Waals surface area contributed by atoms with Gasteiger partial charge in [-0.2, -0.15) is 0 Å². The van der Waals surface area contributed by atoms with Gasteiger partial charge in [0.1, 0.15) is 17.3 Å². The maximum atomic E-state index is 12.9. The number of halogens is 2. The number of hydrogen-bond donors (Lipinski definition) is 3. The Hall–Kier alpha value is -2.56. The van der Waals surface area contributed by atoms with Gasteiger partial charge in [-0.15, -0.1) is 24.0 Å². The van der Waals surface area contributed by atoms with Crippen LogP contribution in [0.2, 0.25) is 0 Å². The summed E-state index contributed by atoms with van der Waals surface area (Å²) in [6.07, 6.45) is 0.214. The Morgan fingerprint density at radius 3 is 2.35 bits per heavy atom. The largest absolute Gasteiger partial charge is 0.497 e. The van der Waals surface area contributed by atoms with Crippen molar-refractivity contribution in [1.82, 2.24) is 16.0 Å². The fourth-order valence-corrected chi connectivity index (χ4v) is 2.72. The fourth-order valence-electron chi connectivity index (χ4n) is 2.72. The van der Waals surface area contributed by atoms with Crippen molar-refractivity contribution in [2.24, 2.45) is 4.99 Å². The average molecular weight is 544 g/mol. The number of hydrogen-bond acceptors (Lipinski definition) is 4. The molecule has 0 saturated heterocycles. The number of carbonyl (C=O) groups is 1. The maximum Gasteiger partial charge on any atom is 0.224 e. The summed E-state index contributed by atoms with van der Waals surface area (Å²) in [5, 5.41) is 9.19. The van der Waals surface area contributed by atoms with Crippen molar-refractivity contribution in [3.8, 4) is 11.5 Å². The highest BCUT2D eigenvalue weighted by atomic mass is 127. The summed E-state index contributed by atoms with van der Waals surface area (Å²) in [6.45, 7) is 4.08. The summed E-state index contributed by atoms with van der Waals surface area (Å²) < 4.78 is 23.5. The van der Waals surface area contributed by atoms with E-state index in [9.17, 15) is 9.18 Å². The number of nitrogens with zero attached hydrogens (tertiary/aromatic N) is 1. The van der Waals surface area contributed by atoms with E-state index in [0.717, 1.165) is 16.9 Å². The molecule has 0 aliphatic carbocycles. The summed E-state index contributed by atoms with van der Waals surface area (Å²) in [5.41, 5.74) is 1.70. The van der Waals surface area contributed by atoms with Crippen molar-refractivity contribution < 1.29 is 18.7 Å². The van der Waals surface area contributed by atoms with Gasteiger partial charge in [0.2, 0.25) is 5.91 Å². The molecule has 0 bridgehead atoms. The summed E-state index contributed by atoms with van der Waals surface area (Å²) in [7, 11) is 3.22. The zero-order valence-corrected chi connectivity index (χ0v) is 20.4. The number of benzene rings is 2. The van der Waals surface area contributed by atoms with E-state index in [4.69, 9.17) is 9.47 Å². The van der Waals surface area contributed by atoms with Gasteiger partial charge in [-0.3, -0.25) is 4.79 Å². The van der Waals surface area contributed by atoms with Gasteiger partial charge in [0.25, 0.3) is 0 Å². The number of ether oxygens (including phenoxy) is 2. The van der Waals surface area contributed by atoms with E-state index in [1.165, 1.54) is 12.1 Å². The van der Waals surface area contributed by atoms with Crippen LogP contribution in [0.15, 0.2) is 47.5 Å². The third kappa shape index (κ3) is 9.41. The van der Waals surface area contributed by atoms with Crippen LogP contribution in [0.25, 0.3) is 0 Å². The van der Waals surface area contributed by atoms with Gasteiger partial charge in [-0.1, -0.05) is 12.1 Å². The van der Waals surface area contributed by atoms with Gasteiger partial charge >= 0.3 is 0 Å². The van der Waals surface area contributed by atoms with Crippen molar-refractivity contribution in [3.63, 3.8) is 0 Å². The minimum Gasteiger partial charge on any atom is -0.497 e. The quantitative estimate of drug-likeness (QED) is 0.186. The lowest BCUT2D eigenvalue weighted by Crippen LogP contribution is -2.41. The van der Waals surface area contributed by atoms with Gasteiger partial charge in [-0.25, -0.2) is 9.38 Å². The molecule has 0 saturated carbocycles. The number of guanidine groups is 1. The van der Waals surface area contributed by atoms with Gasteiger partial charge in [0, 0.05) is 31.3 Å². The molecule has 0 aromatic heterocycles. The zero-order chi connectivity index (χ0) is 21.8. The molecule has 0 heterocycles. The van der Waals surface area contributed by atoms with Gasteiger partial charge in [0.15, 0.2) is 5.96 Å². The Morgan fingerprint density at radius 2 is 1.71 bits per heavy atom. The molecule has 170 valence electrons. The molecule has 0 fully saturated rings. The predicted octanol–water partition coefficient (Wildman–Crippen LogP) is 2.87. The van der Waals surface area contributed by atoms with E-state index in [0.29, 0.717) is 37.9 Å². The van der Waals surface area contributed by atoms with E-state index in [-0.39, 0.29) is 42.1 Å². The molecule has 31 heavy (non-hydrogen) atoms. The van der Waals surface area contributed by atoms with Crippen LogP contribution in [-0.2, 0) is 17.8 Å². The number of aliphatic imine (C=N–C) groups is 1. The summed E-state index contributed by atoms with van der Waals surface area (Å²) in [6, 6.07) is 11.5. The SMILES string of the molecule is CCNC(=NCc1ccc(OC)cc1OC)NCCNC(=O)Cc1ccc(F)cc1.I. The Labute approximate surface area is 199 Å². The second-order valence-corrected chi connectivity index (χ2v) is 6.45. The number of methoxy groups -OCH3 is 2. The third-order valence-electron chi connectivity index (χ3n) is 4.26. The van der Waals surface area contributed by atoms with Crippen LogP contribution < -0.4 is 25.4 Å². The second kappa shape index (κ2) is 14.4. The first-order valence-electron chi connectivity index (χ1n) is 9.80. The molecular weight excluding hydrogens is 514 g/mol. The number of rotatable bonds is 10. The molecule has 3 N–H and O–H groups in total. The topological polar surface area (TPSA) is 84.0 Å². The summed E-state index contributed by atoms with van der Waals surface area (Å²) >= 11 is 0. The van der Waals surface area contributed by atoms with E-state index in [1.807, 2.05) is 25.1 Å². The molecule has 9 heteroatoms. The molecule has 2 aromatic carbocycles. The van der Waals surface area contributed by atoms with Crippen LogP contribution in [0, 0.1) is 5.82 Å². The van der Waals surface area contributed by atoms with Crippen molar-refractivity contribution >= 4 is 35.8 Å². The van der Waals surface area contributed by atoms with E-state index < -0.39 is 0 Å². The minimum atomic E-state index is -0.314. The number of carbonyl (C=O) groups excluding carboxylic acids is 1. The molecule has 0 aliphatic rings. The highest BCUT2D eigenvalue weighted by Gasteiger charge is 2.06. The van der Waals surface area contributed by atoms with E-state index in [2.05, 4.69) is 20.9 Å². The van der Waals surface area contributed by atoms with Crippen LogP contribution >= 0.6 is 24.0 Å². The first kappa shape index (κ1) is 26.5. The van der Waals surface area contributed by atoms with Crippen LogP contribution in [0.3, 0.4) is 0 Å². The second-order valence-electron chi connectivity index (χ2n) is 6.45. The Bertz CT molecular complexity index is 847. The average Bonchev–Trinajstić information content (AvgIpc) is 2.76. The normalized spacial score (nSPS) is 10.6. The molecule has 0 unspecified atom stereocenters. The first-order valence-corrected chi connectivity index (χ1v) is 9.80. The molecule has 0 radical (unpaired) electrons. The van der Waals surface area contributed by atoms with E-state index >= 15 is 0 Å². The first-order chi connectivity index (χ1) is 14.5. The lowest BCUT2D eigenvalue weighted by atomic mass is 10.1. The minimum absolute atomic E-state index is 0. The van der Waals surface area contributed by atoms with Crippen molar-refractivity contribution in [3.05, 3.63) is 59.4 Å². The number of nitrogens with one attached hydrogen (secondary N) is 3. The Balaban J connectivity index is 0.00000480. The molecule has 7 nitrogen and oxygen atoms in total. The molecule has 2 aromatic rings. The molecule has 1 amide bonds. The molecule has 0 aliphatic heterocycles. The highest BCUT2D eigenvalue weighted by Crippen LogP contribution is 2.25. The summed E-state index contributed by atoms with van der Waals surface area (Å²) in [5.74, 6) is 1.64. The Kier molecular flexibility index (Phi) is 12.3. The lowest BCUT2D eigenvalue weighted by Gasteiger charge is -2.13. The van der Waals surface area contributed by atoms with Crippen molar-refractivity contribution in [1.29, 1.82) is 0 Å². The predicted molar refractivity (Wildman–Crippen MR) is 131 cm³/mol. The standard InChI is InChI=1S/C22H29FN4O3.HI/c1-4-24-22(27-15-17-7-10-19(29-2)14-20(17)30-3)26-12-11-25-21(28)13-16-5-8-18(23)9-6-16;/h5-10,14H,4,11-13,15H2,1-3H3,(H,25,28)(H2,24,26,27);1H. The van der Waals surface area contributed by atoms with Gasteiger partial charge < -0.3 is 25.4 Å². The van der Waals surface area contributed by atoms with Crippen molar-refractivity contribution in [2.45, 2.75) is 19.9 Å². The maximum absolute atomic E-state index is 12.9. The Morgan fingerprint density at radius 1 is 1.00 bits per heavy atom. The van der Waals surface area contributed by atoms with Crippen LogP contribution in [0.4, 0.5) is 4.39 Å². The fraction of sp³-hybridized carbons (Fsp3) is 0.364. The van der Waals surface area contributed by atoms with Crippen molar-refractivity contribution in [2.75, 3.05) is 33.9 Å². The van der Waals surface area contributed by atoms with Crippen LogP contribution in [0.5, 0.6) is 11.5 Å². The van der Waals surface area contributed by atoms with Crippen LogP contribution in [-0.4, -0.2) is 45.7 Å². The number of amides is 1. The monoisotopic (exact) mass is 544 g/mol. The molecule has 0 atom stereocenters. The molecule has 0 spiro atoms. The smallest absolute Gasteiger partial charge is 0.224 e. The molecular formula is C22H30FIN4O3. The van der Waals surface area contributed by atoms with Gasteiger partial charge in [0.05, 0.1) is 27.2 Å². The highest BCUT2D eigenvalue weighted by molar-refractivity contribution is 14.0. The third-order valence-corrected chi connectivity index (χ3v) is 4.26. The van der Waals surface area contributed by atoms with Gasteiger partial charge in [-0.05, 0) is 36.8 Å². The zero-order valence-electron chi connectivity index (χ0n) is 18.0. The lowest BCUT2D eigenvalue weighted by molar-refractivity contribution is -0.120. The molecule has 2 rings (SSSR count). The summed E-state index contributed by atoms with van der Waals surface area (Å²) in [4.78, 5) is 16.6. The van der Waals surface area contributed by atoms with E-state index in [1.54, 1.807) is 26.4 Å². The van der Waals surface area contributed by atoms with Crippen LogP contribution in [0.1, 0.15) is 18.1 Å².